The maximum atomic E-state index is 12.0. The van der Waals surface area contributed by atoms with Crippen LogP contribution < -0.4 is 5.32 Å². The third-order valence-electron chi connectivity index (χ3n) is 3.53. The van der Waals surface area contributed by atoms with E-state index in [1.54, 1.807) is 0 Å². The number of aliphatic hydroxyl groups is 1. The summed E-state index contributed by atoms with van der Waals surface area (Å²) in [5, 5.41) is 12.7. The van der Waals surface area contributed by atoms with Gasteiger partial charge in [-0.2, -0.15) is 0 Å². The Morgan fingerprint density at radius 3 is 2.24 bits per heavy atom. The molecule has 0 saturated carbocycles. The molecule has 102 valence electrons. The van der Waals surface area contributed by atoms with Crippen molar-refractivity contribution in [3.63, 3.8) is 0 Å². The van der Waals surface area contributed by atoms with Gasteiger partial charge in [-0.15, -0.1) is 0 Å². The lowest BCUT2D eigenvalue weighted by atomic mass is 9.90. The first kappa shape index (κ1) is 16.4. The van der Waals surface area contributed by atoms with E-state index >= 15 is 0 Å². The first-order chi connectivity index (χ1) is 7.93. The summed E-state index contributed by atoms with van der Waals surface area (Å²) in [6, 6.07) is 0. The second-order valence-corrected chi connectivity index (χ2v) is 5.34. The zero-order valence-electron chi connectivity index (χ0n) is 12.0. The maximum absolute atomic E-state index is 12.0. The number of amides is 1. The molecule has 0 aliphatic carbocycles. The van der Waals surface area contributed by atoms with E-state index in [4.69, 9.17) is 0 Å². The first-order valence-electron chi connectivity index (χ1n) is 6.89. The summed E-state index contributed by atoms with van der Waals surface area (Å²) in [5.41, 5.74) is 0. The summed E-state index contributed by atoms with van der Waals surface area (Å²) in [6.45, 7) is 10.7. The van der Waals surface area contributed by atoms with Crippen molar-refractivity contribution < 1.29 is 9.90 Å². The Morgan fingerprint density at radius 2 is 1.82 bits per heavy atom. The normalized spacial score (nSPS) is 16.6. The van der Waals surface area contributed by atoms with Crippen LogP contribution in [0.15, 0.2) is 0 Å². The highest BCUT2D eigenvalue weighted by atomic mass is 16.3. The van der Waals surface area contributed by atoms with E-state index in [2.05, 4.69) is 26.1 Å². The largest absolute Gasteiger partial charge is 0.391 e. The molecule has 3 unspecified atom stereocenters. The minimum atomic E-state index is -0.432. The fourth-order valence-corrected chi connectivity index (χ4v) is 1.89. The van der Waals surface area contributed by atoms with Crippen molar-refractivity contribution in [3.05, 3.63) is 0 Å². The highest BCUT2D eigenvalue weighted by Crippen LogP contribution is 2.17. The number of rotatable bonds is 8. The van der Waals surface area contributed by atoms with Crippen LogP contribution in [-0.2, 0) is 4.79 Å². The SMILES string of the molecule is CCCC(C(=O)NCC(O)C(C)CC)C(C)C. The lowest BCUT2D eigenvalue weighted by Gasteiger charge is -2.22. The number of nitrogens with one attached hydrogen (secondary N) is 1. The molecule has 0 radical (unpaired) electrons. The standard InChI is InChI=1S/C14H29NO2/c1-6-8-12(10(3)4)14(17)15-9-13(16)11(5)7-2/h10-13,16H,6-9H2,1-5H3,(H,15,17). The van der Waals surface area contributed by atoms with Gasteiger partial charge < -0.3 is 10.4 Å². The van der Waals surface area contributed by atoms with Crippen LogP contribution in [0.1, 0.15) is 53.9 Å². The van der Waals surface area contributed by atoms with Crippen molar-refractivity contribution in [2.45, 2.75) is 60.0 Å². The molecule has 0 aliphatic rings. The molecule has 0 aromatic carbocycles. The van der Waals surface area contributed by atoms with Gasteiger partial charge in [-0.05, 0) is 18.3 Å². The lowest BCUT2D eigenvalue weighted by Crippen LogP contribution is -2.40. The van der Waals surface area contributed by atoms with E-state index in [1.807, 2.05) is 13.8 Å². The van der Waals surface area contributed by atoms with Gasteiger partial charge in [0, 0.05) is 12.5 Å². The number of carbonyl (C=O) groups excluding carboxylic acids is 1. The number of hydrogen-bond donors (Lipinski definition) is 2. The van der Waals surface area contributed by atoms with Gasteiger partial charge in [-0.3, -0.25) is 4.79 Å². The Bertz CT molecular complexity index is 216. The van der Waals surface area contributed by atoms with Gasteiger partial charge >= 0.3 is 0 Å². The maximum Gasteiger partial charge on any atom is 0.223 e. The third kappa shape index (κ3) is 6.06. The Kier molecular flexibility index (Phi) is 8.23. The van der Waals surface area contributed by atoms with Crippen molar-refractivity contribution in [2.75, 3.05) is 6.54 Å². The molecule has 0 rings (SSSR count). The van der Waals surface area contributed by atoms with E-state index < -0.39 is 6.10 Å². The minimum Gasteiger partial charge on any atom is -0.391 e. The van der Waals surface area contributed by atoms with E-state index in [0.29, 0.717) is 12.5 Å². The molecular formula is C14H29NO2. The summed E-state index contributed by atoms with van der Waals surface area (Å²) in [5.74, 6) is 0.753. The van der Waals surface area contributed by atoms with Crippen molar-refractivity contribution in [2.24, 2.45) is 17.8 Å². The summed E-state index contributed by atoms with van der Waals surface area (Å²) < 4.78 is 0. The molecule has 0 aliphatic heterocycles. The smallest absolute Gasteiger partial charge is 0.223 e. The first-order valence-corrected chi connectivity index (χ1v) is 6.89. The van der Waals surface area contributed by atoms with Crippen molar-refractivity contribution >= 4 is 5.91 Å². The second-order valence-electron chi connectivity index (χ2n) is 5.34. The van der Waals surface area contributed by atoms with Crippen LogP contribution in [0.3, 0.4) is 0 Å². The zero-order valence-corrected chi connectivity index (χ0v) is 12.0. The quantitative estimate of drug-likeness (QED) is 0.688. The van der Waals surface area contributed by atoms with Crippen LogP contribution >= 0.6 is 0 Å². The third-order valence-corrected chi connectivity index (χ3v) is 3.53. The van der Waals surface area contributed by atoms with Crippen LogP contribution in [-0.4, -0.2) is 23.7 Å². The van der Waals surface area contributed by atoms with Crippen LogP contribution in [0.4, 0.5) is 0 Å². The molecule has 1 amide bonds. The van der Waals surface area contributed by atoms with Gasteiger partial charge in [0.15, 0.2) is 0 Å². The minimum absolute atomic E-state index is 0.0733. The molecular weight excluding hydrogens is 214 g/mol. The molecule has 0 saturated heterocycles. The van der Waals surface area contributed by atoms with E-state index in [0.717, 1.165) is 19.3 Å². The van der Waals surface area contributed by atoms with E-state index in [-0.39, 0.29) is 17.7 Å². The fourth-order valence-electron chi connectivity index (χ4n) is 1.89. The molecule has 3 heteroatoms. The van der Waals surface area contributed by atoms with Gasteiger partial charge in [0.2, 0.25) is 5.91 Å². The zero-order chi connectivity index (χ0) is 13.4. The summed E-state index contributed by atoms with van der Waals surface area (Å²) in [6.07, 6.45) is 2.44. The van der Waals surface area contributed by atoms with Gasteiger partial charge in [-0.1, -0.05) is 47.5 Å². The molecule has 17 heavy (non-hydrogen) atoms. The number of hydrogen-bond acceptors (Lipinski definition) is 2. The average Bonchev–Trinajstić information content (AvgIpc) is 2.30. The van der Waals surface area contributed by atoms with Crippen LogP contribution in [0.5, 0.6) is 0 Å². The predicted octanol–water partition coefficient (Wildman–Crippen LogP) is 2.58. The summed E-state index contributed by atoms with van der Waals surface area (Å²) >= 11 is 0. The number of aliphatic hydroxyl groups excluding tert-OH is 1. The molecule has 0 fully saturated rings. The predicted molar refractivity (Wildman–Crippen MR) is 71.7 cm³/mol. The molecule has 0 bridgehead atoms. The Hall–Kier alpha value is -0.570. The van der Waals surface area contributed by atoms with Crippen molar-refractivity contribution in [3.8, 4) is 0 Å². The summed E-state index contributed by atoms with van der Waals surface area (Å²) in [4.78, 5) is 12.0. The molecule has 3 atom stereocenters. The van der Waals surface area contributed by atoms with E-state index in [9.17, 15) is 9.90 Å². The van der Waals surface area contributed by atoms with Gasteiger partial charge in [-0.25, -0.2) is 0 Å². The summed E-state index contributed by atoms with van der Waals surface area (Å²) in [7, 11) is 0. The lowest BCUT2D eigenvalue weighted by molar-refractivity contribution is -0.127. The monoisotopic (exact) mass is 243 g/mol. The van der Waals surface area contributed by atoms with Gasteiger partial charge in [0.1, 0.15) is 0 Å². The van der Waals surface area contributed by atoms with Crippen LogP contribution in [0.25, 0.3) is 0 Å². The molecule has 0 aromatic rings. The Balaban J connectivity index is 4.14. The highest BCUT2D eigenvalue weighted by Gasteiger charge is 2.22. The molecule has 2 N–H and O–H groups in total. The fraction of sp³-hybridized carbons (Fsp3) is 0.929. The number of carbonyl (C=O) groups is 1. The second kappa shape index (κ2) is 8.51. The Morgan fingerprint density at radius 1 is 1.24 bits per heavy atom. The topological polar surface area (TPSA) is 49.3 Å². The van der Waals surface area contributed by atoms with Crippen LogP contribution in [0.2, 0.25) is 0 Å². The van der Waals surface area contributed by atoms with E-state index in [1.165, 1.54) is 0 Å². The Labute approximate surface area is 106 Å². The van der Waals surface area contributed by atoms with Crippen LogP contribution in [0, 0.1) is 17.8 Å². The highest BCUT2D eigenvalue weighted by molar-refractivity contribution is 5.78. The molecule has 0 spiro atoms. The molecule has 0 aromatic heterocycles. The molecule has 0 heterocycles. The van der Waals surface area contributed by atoms with Crippen molar-refractivity contribution in [1.82, 2.24) is 5.32 Å². The van der Waals surface area contributed by atoms with Crippen molar-refractivity contribution in [1.29, 1.82) is 0 Å². The van der Waals surface area contributed by atoms with Gasteiger partial charge in [0.05, 0.1) is 6.10 Å². The van der Waals surface area contributed by atoms with Gasteiger partial charge in [0.25, 0.3) is 0 Å². The molecule has 3 nitrogen and oxygen atoms in total. The average molecular weight is 243 g/mol.